The SMILES string of the molecule is NC(=O)CN1CCC(NC(=O)c2ccc(CN3CCCCC3)cc2)CC1. The quantitative estimate of drug-likeness (QED) is 0.805. The van der Waals surface area contributed by atoms with Crippen LogP contribution in [0, 0.1) is 0 Å². The monoisotopic (exact) mass is 358 g/mol. The Hall–Kier alpha value is -1.92. The highest BCUT2D eigenvalue weighted by Gasteiger charge is 2.22. The summed E-state index contributed by atoms with van der Waals surface area (Å²) in [6.45, 7) is 5.22. The topological polar surface area (TPSA) is 78.7 Å². The minimum atomic E-state index is -0.294. The Morgan fingerprint density at radius 1 is 0.962 bits per heavy atom. The third kappa shape index (κ3) is 5.54. The number of nitrogens with zero attached hydrogens (tertiary/aromatic N) is 2. The average Bonchev–Trinajstić information content (AvgIpc) is 2.64. The third-order valence-corrected chi connectivity index (χ3v) is 5.37. The van der Waals surface area contributed by atoms with Gasteiger partial charge in [-0.15, -0.1) is 0 Å². The number of likely N-dealkylation sites (tertiary alicyclic amines) is 2. The van der Waals surface area contributed by atoms with E-state index in [9.17, 15) is 9.59 Å². The van der Waals surface area contributed by atoms with Gasteiger partial charge in [0.05, 0.1) is 6.54 Å². The van der Waals surface area contributed by atoms with Gasteiger partial charge in [0.2, 0.25) is 5.91 Å². The molecule has 1 aromatic rings. The molecule has 2 fully saturated rings. The van der Waals surface area contributed by atoms with Gasteiger partial charge in [-0.2, -0.15) is 0 Å². The molecule has 0 aromatic heterocycles. The summed E-state index contributed by atoms with van der Waals surface area (Å²) in [4.78, 5) is 28.0. The molecule has 3 rings (SSSR count). The Bertz CT molecular complexity index is 603. The zero-order valence-electron chi connectivity index (χ0n) is 15.5. The summed E-state index contributed by atoms with van der Waals surface area (Å²) in [6, 6.07) is 8.16. The third-order valence-electron chi connectivity index (χ3n) is 5.37. The first kappa shape index (κ1) is 18.9. The largest absolute Gasteiger partial charge is 0.369 e. The lowest BCUT2D eigenvalue weighted by atomic mass is 10.0. The van der Waals surface area contributed by atoms with Crippen LogP contribution in [0.1, 0.15) is 48.0 Å². The van der Waals surface area contributed by atoms with E-state index in [1.54, 1.807) is 0 Å². The number of rotatable bonds is 6. The van der Waals surface area contributed by atoms with Crippen molar-refractivity contribution in [1.29, 1.82) is 0 Å². The summed E-state index contributed by atoms with van der Waals surface area (Å²) >= 11 is 0. The van der Waals surface area contributed by atoms with Gasteiger partial charge in [0.25, 0.3) is 5.91 Å². The van der Waals surface area contributed by atoms with E-state index in [2.05, 4.69) is 22.3 Å². The summed E-state index contributed by atoms with van der Waals surface area (Å²) in [5.41, 5.74) is 7.21. The number of benzene rings is 1. The maximum absolute atomic E-state index is 12.5. The van der Waals surface area contributed by atoms with Crippen molar-refractivity contribution in [2.75, 3.05) is 32.7 Å². The van der Waals surface area contributed by atoms with Gasteiger partial charge in [-0.3, -0.25) is 19.4 Å². The van der Waals surface area contributed by atoms with Crippen LogP contribution < -0.4 is 11.1 Å². The first-order valence-corrected chi connectivity index (χ1v) is 9.73. The minimum absolute atomic E-state index is 0.0112. The highest BCUT2D eigenvalue weighted by Crippen LogP contribution is 2.15. The van der Waals surface area contributed by atoms with Crippen LogP contribution >= 0.6 is 0 Å². The minimum Gasteiger partial charge on any atom is -0.369 e. The Morgan fingerprint density at radius 2 is 1.62 bits per heavy atom. The van der Waals surface area contributed by atoms with Gasteiger partial charge in [-0.1, -0.05) is 18.6 Å². The maximum Gasteiger partial charge on any atom is 0.251 e. The molecular formula is C20H30N4O2. The second-order valence-electron chi connectivity index (χ2n) is 7.52. The predicted octanol–water partition coefficient (Wildman–Crippen LogP) is 1.35. The molecule has 0 spiro atoms. The van der Waals surface area contributed by atoms with Crippen molar-refractivity contribution in [3.05, 3.63) is 35.4 Å². The van der Waals surface area contributed by atoms with Crippen molar-refractivity contribution < 1.29 is 9.59 Å². The number of carbonyl (C=O) groups is 2. The zero-order chi connectivity index (χ0) is 18.4. The molecule has 6 heteroatoms. The molecule has 0 saturated carbocycles. The molecule has 2 heterocycles. The van der Waals surface area contributed by atoms with Gasteiger partial charge in [0.1, 0.15) is 0 Å². The molecule has 0 radical (unpaired) electrons. The number of hydrogen-bond acceptors (Lipinski definition) is 4. The lowest BCUT2D eigenvalue weighted by Gasteiger charge is -2.31. The second kappa shape index (κ2) is 9.14. The Kier molecular flexibility index (Phi) is 6.63. The molecule has 2 aliphatic rings. The molecule has 26 heavy (non-hydrogen) atoms. The first-order chi connectivity index (χ1) is 12.6. The van der Waals surface area contributed by atoms with Crippen molar-refractivity contribution in [2.24, 2.45) is 5.73 Å². The first-order valence-electron chi connectivity index (χ1n) is 9.73. The van der Waals surface area contributed by atoms with Crippen LogP contribution in [0.15, 0.2) is 24.3 Å². The summed E-state index contributed by atoms with van der Waals surface area (Å²) in [5.74, 6) is -0.306. The van der Waals surface area contributed by atoms with Crippen molar-refractivity contribution in [1.82, 2.24) is 15.1 Å². The van der Waals surface area contributed by atoms with E-state index in [-0.39, 0.29) is 17.9 Å². The van der Waals surface area contributed by atoms with Crippen LogP contribution in [0.25, 0.3) is 0 Å². The zero-order valence-corrected chi connectivity index (χ0v) is 15.5. The fourth-order valence-corrected chi connectivity index (χ4v) is 3.86. The summed E-state index contributed by atoms with van der Waals surface area (Å²) in [7, 11) is 0. The molecule has 2 amide bonds. The van der Waals surface area contributed by atoms with E-state index in [0.29, 0.717) is 12.1 Å². The number of piperidine rings is 2. The van der Waals surface area contributed by atoms with Gasteiger partial charge < -0.3 is 11.1 Å². The second-order valence-corrected chi connectivity index (χ2v) is 7.52. The van der Waals surface area contributed by atoms with E-state index in [1.807, 2.05) is 17.0 Å². The van der Waals surface area contributed by atoms with Gasteiger partial charge in [0, 0.05) is 31.2 Å². The number of nitrogens with one attached hydrogen (secondary N) is 1. The van der Waals surface area contributed by atoms with Gasteiger partial charge in [-0.05, 0) is 56.5 Å². The van der Waals surface area contributed by atoms with Gasteiger partial charge >= 0.3 is 0 Å². The molecule has 2 saturated heterocycles. The van der Waals surface area contributed by atoms with Crippen LogP contribution in [-0.2, 0) is 11.3 Å². The number of nitrogens with two attached hydrogens (primary N) is 1. The maximum atomic E-state index is 12.5. The molecule has 142 valence electrons. The van der Waals surface area contributed by atoms with E-state index >= 15 is 0 Å². The summed E-state index contributed by atoms with van der Waals surface area (Å²) < 4.78 is 0. The van der Waals surface area contributed by atoms with Crippen LogP contribution in [0.5, 0.6) is 0 Å². The highest BCUT2D eigenvalue weighted by atomic mass is 16.2. The number of carbonyl (C=O) groups excluding carboxylic acids is 2. The highest BCUT2D eigenvalue weighted by molar-refractivity contribution is 5.94. The Morgan fingerprint density at radius 3 is 2.23 bits per heavy atom. The van der Waals surface area contributed by atoms with Gasteiger partial charge in [0.15, 0.2) is 0 Å². The molecule has 0 aliphatic carbocycles. The predicted molar refractivity (Wildman–Crippen MR) is 102 cm³/mol. The van der Waals surface area contributed by atoms with E-state index in [4.69, 9.17) is 5.73 Å². The Labute approximate surface area is 155 Å². The molecule has 0 bridgehead atoms. The average molecular weight is 358 g/mol. The van der Waals surface area contributed by atoms with E-state index in [0.717, 1.165) is 32.5 Å². The van der Waals surface area contributed by atoms with Gasteiger partial charge in [-0.25, -0.2) is 0 Å². The number of hydrogen-bond donors (Lipinski definition) is 2. The van der Waals surface area contributed by atoms with Crippen molar-refractivity contribution in [3.8, 4) is 0 Å². The molecule has 3 N–H and O–H groups in total. The lowest BCUT2D eigenvalue weighted by molar-refractivity contribution is -0.119. The van der Waals surface area contributed by atoms with Crippen molar-refractivity contribution >= 4 is 11.8 Å². The van der Waals surface area contributed by atoms with Crippen LogP contribution in [0.3, 0.4) is 0 Å². The van der Waals surface area contributed by atoms with Crippen molar-refractivity contribution in [3.63, 3.8) is 0 Å². The van der Waals surface area contributed by atoms with Crippen LogP contribution in [0.4, 0.5) is 0 Å². The summed E-state index contributed by atoms with van der Waals surface area (Å²) in [5, 5.41) is 3.12. The van der Waals surface area contributed by atoms with E-state index in [1.165, 1.54) is 37.9 Å². The normalized spacial score (nSPS) is 20.0. The molecule has 0 unspecified atom stereocenters. The standard InChI is InChI=1S/C20H30N4O2/c21-19(25)15-24-12-8-18(9-13-24)22-20(26)17-6-4-16(5-7-17)14-23-10-2-1-3-11-23/h4-7,18H,1-3,8-15H2,(H2,21,25)(H,22,26). The number of amides is 2. The fraction of sp³-hybridized carbons (Fsp3) is 0.600. The summed E-state index contributed by atoms with van der Waals surface area (Å²) in [6.07, 6.45) is 5.63. The fourth-order valence-electron chi connectivity index (χ4n) is 3.86. The number of primary amides is 1. The molecule has 1 aromatic carbocycles. The molecular weight excluding hydrogens is 328 g/mol. The lowest BCUT2D eigenvalue weighted by Crippen LogP contribution is -2.46. The van der Waals surface area contributed by atoms with Crippen molar-refractivity contribution in [2.45, 2.75) is 44.7 Å². The smallest absolute Gasteiger partial charge is 0.251 e. The molecule has 0 atom stereocenters. The van der Waals surface area contributed by atoms with Crippen LogP contribution in [0.2, 0.25) is 0 Å². The van der Waals surface area contributed by atoms with Crippen LogP contribution in [-0.4, -0.2) is 60.4 Å². The van der Waals surface area contributed by atoms with E-state index < -0.39 is 0 Å². The molecule has 6 nitrogen and oxygen atoms in total. The Balaban J connectivity index is 1.45. The molecule has 2 aliphatic heterocycles.